The van der Waals surface area contributed by atoms with Gasteiger partial charge in [0.15, 0.2) is 0 Å². The van der Waals surface area contributed by atoms with Crippen LogP contribution in [0.25, 0.3) is 0 Å². The summed E-state index contributed by atoms with van der Waals surface area (Å²) in [7, 11) is -4.10. The lowest BCUT2D eigenvalue weighted by molar-refractivity contribution is -0.135. The van der Waals surface area contributed by atoms with Crippen LogP contribution in [0.1, 0.15) is 0 Å². The molecule has 10 heavy (non-hydrogen) atoms. The molecule has 60 valence electrons. The minimum absolute atomic E-state index is 0.439. The van der Waals surface area contributed by atoms with E-state index in [1.807, 2.05) is 0 Å². The van der Waals surface area contributed by atoms with Crippen LogP contribution in [0.3, 0.4) is 0 Å². The predicted molar refractivity (Wildman–Crippen MR) is 32.5 cm³/mol. The van der Waals surface area contributed by atoms with Gasteiger partial charge in [-0.25, -0.2) is 0 Å². The van der Waals surface area contributed by atoms with Crippen LogP contribution in [0.4, 0.5) is 0 Å². The third-order valence-electron chi connectivity index (χ3n) is 0.594. The third-order valence-corrected chi connectivity index (χ3v) is 1.23. The first kappa shape index (κ1) is 9.58. The number of carboxylic acid groups (broad SMARTS) is 1. The minimum atomic E-state index is -4.10. The molecule has 0 spiro atoms. The van der Waals surface area contributed by atoms with E-state index in [1.165, 1.54) is 0 Å². The van der Waals surface area contributed by atoms with E-state index in [9.17, 15) is 9.36 Å². The van der Waals surface area contributed by atoms with Gasteiger partial charge in [-0.05, 0) is 0 Å². The molecule has 0 unspecified atom stereocenters. The average molecular weight is 171 g/mol. The van der Waals surface area contributed by atoms with Crippen molar-refractivity contribution in [3.8, 4) is 0 Å². The Morgan fingerprint density at radius 1 is 1.50 bits per heavy atom. The van der Waals surface area contributed by atoms with Gasteiger partial charge in [0.1, 0.15) is 0 Å². The standard InChI is InChI=1S/C3H8NO5P/c5-3(6)1-4-2-10(7,8)9/h4H,1-2H2,(H,5,6)(H2,7,8,9)/i2+1,3+1. The summed E-state index contributed by atoms with van der Waals surface area (Å²) < 4.78 is 10.1. The van der Waals surface area contributed by atoms with Crippen molar-refractivity contribution < 1.29 is 24.3 Å². The molecular weight excluding hydrogens is 163 g/mol. The number of aliphatic carboxylic acids is 1. The Balaban J connectivity index is 3.39. The average Bonchev–Trinajstić information content (AvgIpc) is 1.59. The molecule has 0 aliphatic rings. The molecule has 0 heterocycles. The zero-order chi connectivity index (χ0) is 8.20. The molecule has 0 amide bonds. The molecule has 0 atom stereocenters. The number of carbonyl (C=O) groups is 1. The van der Waals surface area contributed by atoms with Crippen LogP contribution >= 0.6 is 7.60 Å². The van der Waals surface area contributed by atoms with Crippen LogP contribution in [0.15, 0.2) is 0 Å². The molecule has 7 heteroatoms. The highest BCUT2D eigenvalue weighted by Gasteiger charge is 2.11. The van der Waals surface area contributed by atoms with Crippen LogP contribution in [0, 0.1) is 0 Å². The Hall–Kier alpha value is -0.420. The second-order valence-corrected chi connectivity index (χ2v) is 3.29. The molecule has 4 N–H and O–H groups in total. The highest BCUT2D eigenvalue weighted by atomic mass is 31.2. The van der Waals surface area contributed by atoms with Gasteiger partial charge < -0.3 is 14.9 Å². The van der Waals surface area contributed by atoms with Crippen LogP contribution in [-0.2, 0) is 9.36 Å². The second kappa shape index (κ2) is 3.68. The van der Waals surface area contributed by atoms with Crippen molar-refractivity contribution in [2.24, 2.45) is 0 Å². The molecule has 0 aromatic heterocycles. The van der Waals surface area contributed by atoms with Crippen molar-refractivity contribution >= 4 is 13.6 Å². The second-order valence-electron chi connectivity index (χ2n) is 1.64. The highest BCUT2D eigenvalue weighted by molar-refractivity contribution is 7.51. The Kier molecular flexibility index (Phi) is 3.52. The molecule has 0 bridgehead atoms. The van der Waals surface area contributed by atoms with Gasteiger partial charge in [-0.1, -0.05) is 0 Å². The van der Waals surface area contributed by atoms with Crippen LogP contribution in [0.5, 0.6) is 0 Å². The summed E-state index contributed by atoms with van der Waals surface area (Å²) in [6.45, 7) is -0.439. The van der Waals surface area contributed by atoms with E-state index < -0.39 is 26.4 Å². The quantitative estimate of drug-likeness (QED) is 0.312. The molecule has 0 radical (unpaired) electrons. The summed E-state index contributed by atoms with van der Waals surface area (Å²) in [5.41, 5.74) is 0. The lowest BCUT2D eigenvalue weighted by atomic mass is 11.0. The number of carboxylic acids is 1. The summed E-state index contributed by atoms with van der Waals surface area (Å²) >= 11 is 0. The van der Waals surface area contributed by atoms with E-state index in [0.717, 1.165) is 0 Å². The Bertz CT molecular complexity index is 162. The highest BCUT2D eigenvalue weighted by Crippen LogP contribution is 2.31. The van der Waals surface area contributed by atoms with E-state index in [1.54, 1.807) is 0 Å². The first-order chi connectivity index (χ1) is 4.42. The SMILES string of the molecule is O=[13C](O)CN[13CH2]P(=O)(O)O. The van der Waals surface area contributed by atoms with Crippen molar-refractivity contribution in [2.75, 3.05) is 12.8 Å². The summed E-state index contributed by atoms with van der Waals surface area (Å²) in [5.74, 6) is -1.14. The van der Waals surface area contributed by atoms with E-state index >= 15 is 0 Å². The van der Waals surface area contributed by atoms with Gasteiger partial charge in [0, 0.05) is 0 Å². The number of nitrogens with one attached hydrogen (secondary N) is 1. The Labute approximate surface area is 57.0 Å². The van der Waals surface area contributed by atoms with Gasteiger partial charge in [0.2, 0.25) is 0 Å². The van der Waals surface area contributed by atoms with Crippen LogP contribution < -0.4 is 5.32 Å². The molecule has 0 saturated heterocycles. The molecule has 6 nitrogen and oxygen atoms in total. The number of rotatable bonds is 4. The minimum Gasteiger partial charge on any atom is -0.480 e. The molecule has 0 aromatic rings. The van der Waals surface area contributed by atoms with Gasteiger partial charge in [-0.2, -0.15) is 0 Å². The summed E-state index contributed by atoms with van der Waals surface area (Å²) in [4.78, 5) is 26.1. The summed E-state index contributed by atoms with van der Waals surface area (Å²) in [6.07, 6.45) is -0.598. The fourth-order valence-electron chi connectivity index (χ4n) is 0.308. The maximum atomic E-state index is 10.1. The van der Waals surface area contributed by atoms with Gasteiger partial charge in [0.05, 0.1) is 12.8 Å². The van der Waals surface area contributed by atoms with Gasteiger partial charge in [-0.3, -0.25) is 14.7 Å². The Morgan fingerprint density at radius 3 is 2.30 bits per heavy atom. The van der Waals surface area contributed by atoms with Crippen molar-refractivity contribution in [1.29, 1.82) is 0 Å². The molecular formula is C3H8NO5P. The normalized spacial score (nSPS) is 11.4. The van der Waals surface area contributed by atoms with Crippen molar-refractivity contribution in [3.05, 3.63) is 0 Å². The maximum Gasteiger partial charge on any atom is 0.339 e. The van der Waals surface area contributed by atoms with Crippen LogP contribution in [0.2, 0.25) is 0 Å². The zero-order valence-electron chi connectivity index (χ0n) is 5.02. The predicted octanol–water partition coefficient (Wildman–Crippen LogP) is -1.20. The van der Waals surface area contributed by atoms with Gasteiger partial charge in [0.25, 0.3) is 0 Å². The number of hydrogen-bond donors (Lipinski definition) is 4. The van der Waals surface area contributed by atoms with Crippen molar-refractivity contribution in [2.45, 2.75) is 0 Å². The van der Waals surface area contributed by atoms with E-state index in [0.29, 0.717) is 0 Å². The molecule has 0 aliphatic heterocycles. The smallest absolute Gasteiger partial charge is 0.339 e. The lowest BCUT2D eigenvalue weighted by Crippen LogP contribution is -2.23. The van der Waals surface area contributed by atoms with Crippen LogP contribution in [-0.4, -0.2) is 33.7 Å². The summed E-state index contributed by atoms with van der Waals surface area (Å²) in [5, 5.41) is 10.1. The maximum absolute atomic E-state index is 10.1. The fourth-order valence-corrected chi connectivity index (χ4v) is 0.712. The first-order valence-corrected chi connectivity index (χ1v) is 4.18. The van der Waals surface area contributed by atoms with E-state index in [-0.39, 0.29) is 0 Å². The Morgan fingerprint density at radius 2 is 2.00 bits per heavy atom. The monoisotopic (exact) mass is 171 g/mol. The van der Waals surface area contributed by atoms with Gasteiger partial charge in [-0.15, -0.1) is 0 Å². The third kappa shape index (κ3) is 7.58. The molecule has 0 aliphatic carbocycles. The van der Waals surface area contributed by atoms with E-state index in [4.69, 9.17) is 14.9 Å². The molecule has 0 aromatic carbocycles. The molecule has 0 fully saturated rings. The van der Waals surface area contributed by atoms with Crippen molar-refractivity contribution in [3.63, 3.8) is 0 Å². The summed E-state index contributed by atoms with van der Waals surface area (Å²) in [6, 6.07) is 0. The lowest BCUT2D eigenvalue weighted by Gasteiger charge is -2.02. The van der Waals surface area contributed by atoms with Gasteiger partial charge >= 0.3 is 13.6 Å². The zero-order valence-corrected chi connectivity index (χ0v) is 5.91. The topological polar surface area (TPSA) is 107 Å². The largest absolute Gasteiger partial charge is 0.480 e. The van der Waals surface area contributed by atoms with E-state index in [2.05, 4.69) is 5.32 Å². The number of hydrogen-bond acceptors (Lipinski definition) is 3. The molecule has 0 saturated carbocycles. The van der Waals surface area contributed by atoms with Crippen molar-refractivity contribution in [1.82, 2.24) is 5.32 Å². The first-order valence-electron chi connectivity index (χ1n) is 2.39. The fraction of sp³-hybridized carbons (Fsp3) is 0.667. The molecule has 0 rings (SSSR count).